The van der Waals surface area contributed by atoms with Crippen molar-refractivity contribution < 1.29 is 0 Å². The highest BCUT2D eigenvalue weighted by Crippen LogP contribution is 2.44. The summed E-state index contributed by atoms with van der Waals surface area (Å²) in [7, 11) is 0. The van der Waals surface area contributed by atoms with Gasteiger partial charge in [0.15, 0.2) is 0 Å². The molecule has 0 radical (unpaired) electrons. The Kier molecular flexibility index (Phi) is 5.62. The molecule has 1 aliphatic rings. The van der Waals surface area contributed by atoms with Crippen molar-refractivity contribution in [2.75, 3.05) is 6.54 Å². The van der Waals surface area contributed by atoms with Crippen LogP contribution >= 0.6 is 23.2 Å². The first-order valence-corrected chi connectivity index (χ1v) is 8.80. The van der Waals surface area contributed by atoms with Crippen LogP contribution in [0.25, 0.3) is 0 Å². The van der Waals surface area contributed by atoms with Gasteiger partial charge >= 0.3 is 0 Å². The third-order valence-corrected chi connectivity index (χ3v) is 5.69. The molecule has 3 heteroatoms. The molecule has 0 aliphatic heterocycles. The molecule has 0 bridgehead atoms. The van der Waals surface area contributed by atoms with Crippen molar-refractivity contribution in [2.24, 2.45) is 11.8 Å². The Morgan fingerprint density at radius 1 is 1.24 bits per heavy atom. The highest BCUT2D eigenvalue weighted by molar-refractivity contribution is 6.33. The van der Waals surface area contributed by atoms with E-state index in [0.717, 1.165) is 22.5 Å². The maximum atomic E-state index is 6.47. The predicted molar refractivity (Wildman–Crippen MR) is 93.5 cm³/mol. The summed E-state index contributed by atoms with van der Waals surface area (Å²) >= 11 is 12.7. The summed E-state index contributed by atoms with van der Waals surface area (Å²) in [5.41, 5.74) is 1.20. The van der Waals surface area contributed by atoms with E-state index >= 15 is 0 Å². The van der Waals surface area contributed by atoms with Crippen LogP contribution < -0.4 is 5.32 Å². The molecule has 0 heterocycles. The van der Waals surface area contributed by atoms with Crippen LogP contribution in [0, 0.1) is 11.8 Å². The minimum absolute atomic E-state index is 0.0228. The van der Waals surface area contributed by atoms with Gasteiger partial charge in [0.05, 0.1) is 0 Å². The summed E-state index contributed by atoms with van der Waals surface area (Å²) in [6, 6.07) is 6.40. The van der Waals surface area contributed by atoms with Crippen molar-refractivity contribution in [2.45, 2.75) is 58.4 Å². The van der Waals surface area contributed by atoms with E-state index in [0.29, 0.717) is 12.0 Å². The molecule has 1 fully saturated rings. The zero-order valence-corrected chi connectivity index (χ0v) is 15.1. The lowest BCUT2D eigenvalue weighted by molar-refractivity contribution is 0.147. The van der Waals surface area contributed by atoms with Gasteiger partial charge in [-0.1, -0.05) is 57.3 Å². The van der Waals surface area contributed by atoms with E-state index in [-0.39, 0.29) is 5.41 Å². The van der Waals surface area contributed by atoms with E-state index in [1.54, 1.807) is 0 Å². The monoisotopic (exact) mass is 327 g/mol. The molecule has 3 atom stereocenters. The number of rotatable bonds is 4. The average molecular weight is 328 g/mol. The van der Waals surface area contributed by atoms with Gasteiger partial charge in [0, 0.05) is 16.1 Å². The van der Waals surface area contributed by atoms with Gasteiger partial charge in [0.25, 0.3) is 0 Å². The fourth-order valence-corrected chi connectivity index (χ4v) is 4.46. The molecule has 0 saturated heterocycles. The second-order valence-corrected chi connectivity index (χ2v) is 7.88. The summed E-state index contributed by atoms with van der Waals surface area (Å²) < 4.78 is 0. The van der Waals surface area contributed by atoms with E-state index < -0.39 is 0 Å². The van der Waals surface area contributed by atoms with Crippen molar-refractivity contribution >= 4 is 23.2 Å². The van der Waals surface area contributed by atoms with Gasteiger partial charge in [0.1, 0.15) is 0 Å². The number of benzene rings is 1. The third kappa shape index (κ3) is 3.75. The van der Waals surface area contributed by atoms with Crippen molar-refractivity contribution in [1.82, 2.24) is 5.32 Å². The molecule has 21 heavy (non-hydrogen) atoms. The van der Waals surface area contributed by atoms with Gasteiger partial charge in [0.2, 0.25) is 0 Å². The van der Waals surface area contributed by atoms with Crippen LogP contribution in [-0.2, 0) is 5.41 Å². The van der Waals surface area contributed by atoms with Crippen LogP contribution in [-0.4, -0.2) is 12.6 Å². The smallest absolute Gasteiger partial charge is 0.0444 e. The lowest BCUT2D eigenvalue weighted by Crippen LogP contribution is -2.48. The Hall–Kier alpha value is -0.240. The molecule has 1 aromatic rings. The van der Waals surface area contributed by atoms with Gasteiger partial charge in [-0.05, 0) is 60.4 Å². The largest absolute Gasteiger partial charge is 0.314 e. The fraction of sp³-hybridized carbons (Fsp3) is 0.667. The molecule has 3 unspecified atom stereocenters. The van der Waals surface area contributed by atoms with Gasteiger partial charge in [-0.2, -0.15) is 0 Å². The topological polar surface area (TPSA) is 12.0 Å². The quantitative estimate of drug-likeness (QED) is 0.749. The van der Waals surface area contributed by atoms with Crippen LogP contribution in [0.1, 0.15) is 52.5 Å². The second kappa shape index (κ2) is 6.89. The molecule has 1 saturated carbocycles. The van der Waals surface area contributed by atoms with Crippen LogP contribution in [0.15, 0.2) is 18.2 Å². The van der Waals surface area contributed by atoms with Gasteiger partial charge in [-0.25, -0.2) is 0 Å². The van der Waals surface area contributed by atoms with Crippen LogP contribution in [0.3, 0.4) is 0 Å². The van der Waals surface area contributed by atoms with Gasteiger partial charge in [-0.15, -0.1) is 0 Å². The Labute approximate surface area is 139 Å². The first kappa shape index (κ1) is 17.1. The first-order valence-electron chi connectivity index (χ1n) is 8.05. The zero-order valence-electron chi connectivity index (χ0n) is 13.5. The second-order valence-electron chi connectivity index (χ2n) is 7.03. The summed E-state index contributed by atoms with van der Waals surface area (Å²) in [5, 5.41) is 5.30. The Morgan fingerprint density at radius 3 is 2.62 bits per heavy atom. The van der Waals surface area contributed by atoms with Gasteiger partial charge < -0.3 is 5.32 Å². The number of hydrogen-bond donors (Lipinski definition) is 1. The number of nitrogens with one attached hydrogen (secondary N) is 1. The lowest BCUT2D eigenvalue weighted by atomic mass is 9.63. The van der Waals surface area contributed by atoms with E-state index in [2.05, 4.69) is 33.0 Å². The molecular weight excluding hydrogens is 301 g/mol. The molecular formula is C18H27Cl2N. The summed E-state index contributed by atoms with van der Waals surface area (Å²) in [6.45, 7) is 10.2. The maximum absolute atomic E-state index is 6.47. The van der Waals surface area contributed by atoms with E-state index in [9.17, 15) is 0 Å². The molecule has 0 spiro atoms. The minimum atomic E-state index is 0.0228. The minimum Gasteiger partial charge on any atom is -0.314 e. The van der Waals surface area contributed by atoms with Crippen molar-refractivity contribution in [3.63, 3.8) is 0 Å². The van der Waals surface area contributed by atoms with Crippen LogP contribution in [0.5, 0.6) is 0 Å². The predicted octanol–water partition coefficient (Wildman–Crippen LogP) is 5.69. The normalized spacial score (nSPS) is 26.9. The standard InChI is InChI=1S/C18H27Cl2N/c1-5-21-17-10-12(2)6-8-14(17)18(3,4)15-11-13(19)7-9-16(15)20/h7,9,11-12,14,17,21H,5-6,8,10H2,1-4H3. The summed E-state index contributed by atoms with van der Waals surface area (Å²) in [6.07, 6.45) is 3.79. The highest BCUT2D eigenvalue weighted by Gasteiger charge is 2.40. The van der Waals surface area contributed by atoms with E-state index in [1.165, 1.54) is 24.8 Å². The maximum Gasteiger partial charge on any atom is 0.0444 e. The van der Waals surface area contributed by atoms with Crippen molar-refractivity contribution in [1.29, 1.82) is 0 Å². The lowest BCUT2D eigenvalue weighted by Gasteiger charge is -2.45. The third-order valence-electron chi connectivity index (χ3n) is 5.13. The molecule has 0 aromatic heterocycles. The van der Waals surface area contributed by atoms with Crippen LogP contribution in [0.2, 0.25) is 10.0 Å². The average Bonchev–Trinajstić information content (AvgIpc) is 2.41. The Morgan fingerprint density at radius 2 is 1.95 bits per heavy atom. The Balaban J connectivity index is 2.33. The molecule has 1 aromatic carbocycles. The number of halogens is 2. The van der Waals surface area contributed by atoms with Crippen molar-refractivity contribution in [3.05, 3.63) is 33.8 Å². The summed E-state index contributed by atoms with van der Waals surface area (Å²) in [5.74, 6) is 1.39. The molecule has 0 amide bonds. The first-order chi connectivity index (χ1) is 9.86. The van der Waals surface area contributed by atoms with Crippen molar-refractivity contribution in [3.8, 4) is 0 Å². The SMILES string of the molecule is CCNC1CC(C)CCC1C(C)(C)c1cc(Cl)ccc1Cl. The molecule has 1 N–H and O–H groups in total. The zero-order chi connectivity index (χ0) is 15.6. The van der Waals surface area contributed by atoms with Gasteiger partial charge in [-0.3, -0.25) is 0 Å². The van der Waals surface area contributed by atoms with E-state index in [4.69, 9.17) is 23.2 Å². The molecule has 1 aliphatic carbocycles. The van der Waals surface area contributed by atoms with E-state index in [1.807, 2.05) is 18.2 Å². The fourth-order valence-electron chi connectivity index (χ4n) is 3.92. The Bertz CT molecular complexity index is 484. The molecule has 118 valence electrons. The number of hydrogen-bond acceptors (Lipinski definition) is 1. The molecule has 2 rings (SSSR count). The summed E-state index contributed by atoms with van der Waals surface area (Å²) in [4.78, 5) is 0. The molecule has 1 nitrogen and oxygen atoms in total. The van der Waals surface area contributed by atoms with Crippen LogP contribution in [0.4, 0.5) is 0 Å². The highest BCUT2D eigenvalue weighted by atomic mass is 35.5.